The highest BCUT2D eigenvalue weighted by atomic mass is 16.6. The van der Waals surface area contributed by atoms with Crippen LogP contribution in [0, 0.1) is 0 Å². The van der Waals surface area contributed by atoms with Crippen LogP contribution in [0.25, 0.3) is 11.2 Å². The highest BCUT2D eigenvalue weighted by molar-refractivity contribution is 5.84. The van der Waals surface area contributed by atoms with E-state index in [1.165, 1.54) is 12.7 Å². The average molecular weight is 304 g/mol. The van der Waals surface area contributed by atoms with Crippen molar-refractivity contribution in [1.82, 2.24) is 24.4 Å². The van der Waals surface area contributed by atoms with Crippen molar-refractivity contribution in [2.75, 3.05) is 14.1 Å². The summed E-state index contributed by atoms with van der Waals surface area (Å²) >= 11 is 0. The third-order valence-electron chi connectivity index (χ3n) is 2.51. The summed E-state index contributed by atoms with van der Waals surface area (Å²) in [6, 6.07) is 0. The molecule has 0 aliphatic carbocycles. The Kier molecular flexibility index (Phi) is 4.39. The molecule has 0 saturated heterocycles. The van der Waals surface area contributed by atoms with Crippen LogP contribution in [0.1, 0.15) is 20.8 Å². The van der Waals surface area contributed by atoms with Crippen LogP contribution < -0.4 is 0 Å². The Morgan fingerprint density at radius 3 is 2.73 bits per heavy atom. The van der Waals surface area contributed by atoms with Gasteiger partial charge in [0, 0.05) is 14.1 Å². The van der Waals surface area contributed by atoms with E-state index in [0.717, 1.165) is 0 Å². The molecule has 2 aromatic rings. The molecular formula is C14H20N6O2. The molecule has 2 heterocycles. The van der Waals surface area contributed by atoms with Gasteiger partial charge in [-0.1, -0.05) is 0 Å². The van der Waals surface area contributed by atoms with Crippen molar-refractivity contribution in [3.63, 3.8) is 0 Å². The summed E-state index contributed by atoms with van der Waals surface area (Å²) in [7, 11) is 3.73. The molecule has 8 heteroatoms. The predicted molar refractivity (Wildman–Crippen MR) is 83.0 cm³/mol. The van der Waals surface area contributed by atoms with E-state index >= 15 is 0 Å². The van der Waals surface area contributed by atoms with Crippen molar-refractivity contribution >= 4 is 29.3 Å². The third-order valence-corrected chi connectivity index (χ3v) is 2.51. The van der Waals surface area contributed by atoms with Crippen molar-refractivity contribution < 1.29 is 9.53 Å². The van der Waals surface area contributed by atoms with Gasteiger partial charge in [0.1, 0.15) is 18.5 Å². The van der Waals surface area contributed by atoms with E-state index in [1.807, 2.05) is 34.9 Å². The van der Waals surface area contributed by atoms with E-state index < -0.39 is 5.60 Å². The normalized spacial score (nSPS) is 12.0. The molecule has 0 aromatic carbocycles. The lowest BCUT2D eigenvalue weighted by Gasteiger charge is -2.19. The molecule has 0 bridgehead atoms. The van der Waals surface area contributed by atoms with Crippen molar-refractivity contribution in [3.8, 4) is 0 Å². The van der Waals surface area contributed by atoms with Gasteiger partial charge in [0.2, 0.25) is 0 Å². The molecule has 0 aliphatic rings. The molecule has 2 aromatic heterocycles. The second kappa shape index (κ2) is 6.08. The first-order valence-corrected chi connectivity index (χ1v) is 6.84. The number of esters is 1. The predicted octanol–water partition coefficient (Wildman–Crippen LogP) is 1.39. The maximum atomic E-state index is 11.9. The molecular weight excluding hydrogens is 284 g/mol. The number of hydrogen-bond acceptors (Lipinski definition) is 6. The SMILES string of the molecule is CN(C)/C=N/c1ncnc2c1ncn2CC(=O)OC(C)(C)C. The summed E-state index contributed by atoms with van der Waals surface area (Å²) in [6.07, 6.45) is 4.57. The Bertz CT molecular complexity index is 699. The highest BCUT2D eigenvalue weighted by Crippen LogP contribution is 2.20. The standard InChI is InChI=1S/C14H20N6O2/c1-14(2,3)22-10(21)6-20-9-17-11-12(18-8-19(4)5)15-7-16-13(11)20/h7-9H,6H2,1-5H3/b18-8+. The molecule has 22 heavy (non-hydrogen) atoms. The molecule has 0 unspecified atom stereocenters. The summed E-state index contributed by atoms with van der Waals surface area (Å²) in [5.74, 6) is 0.116. The first-order valence-electron chi connectivity index (χ1n) is 6.84. The summed E-state index contributed by atoms with van der Waals surface area (Å²) in [5, 5.41) is 0. The quantitative estimate of drug-likeness (QED) is 0.482. The van der Waals surface area contributed by atoms with Crippen LogP contribution in [0.15, 0.2) is 17.6 Å². The Hall–Kier alpha value is -2.51. The largest absolute Gasteiger partial charge is 0.459 e. The van der Waals surface area contributed by atoms with E-state index in [0.29, 0.717) is 17.0 Å². The molecule has 0 radical (unpaired) electrons. The zero-order chi connectivity index (χ0) is 16.3. The van der Waals surface area contributed by atoms with Crippen LogP contribution in [0.3, 0.4) is 0 Å². The van der Waals surface area contributed by atoms with Gasteiger partial charge in [0.05, 0.1) is 12.7 Å². The number of fused-ring (bicyclic) bond motifs is 1. The van der Waals surface area contributed by atoms with Gasteiger partial charge >= 0.3 is 5.97 Å². The minimum atomic E-state index is -0.524. The minimum absolute atomic E-state index is 0.0433. The molecule has 0 saturated carbocycles. The third kappa shape index (κ3) is 4.00. The molecule has 0 fully saturated rings. The van der Waals surface area contributed by atoms with Gasteiger partial charge in [-0.2, -0.15) is 0 Å². The van der Waals surface area contributed by atoms with E-state index in [9.17, 15) is 4.79 Å². The number of carbonyl (C=O) groups is 1. The topological polar surface area (TPSA) is 85.5 Å². The molecule has 0 aliphatic heterocycles. The van der Waals surface area contributed by atoms with E-state index in [1.54, 1.807) is 15.8 Å². The van der Waals surface area contributed by atoms with Crippen LogP contribution in [0.4, 0.5) is 5.82 Å². The van der Waals surface area contributed by atoms with Gasteiger partial charge in [0.15, 0.2) is 17.0 Å². The van der Waals surface area contributed by atoms with Crippen molar-refractivity contribution in [2.24, 2.45) is 4.99 Å². The van der Waals surface area contributed by atoms with Gasteiger partial charge in [-0.3, -0.25) is 4.79 Å². The average Bonchev–Trinajstić information content (AvgIpc) is 2.78. The van der Waals surface area contributed by atoms with Gasteiger partial charge < -0.3 is 14.2 Å². The number of carbonyl (C=O) groups excluding carboxylic acids is 1. The summed E-state index contributed by atoms with van der Waals surface area (Å²) in [5.41, 5.74) is 0.569. The molecule has 0 N–H and O–H groups in total. The molecule has 0 spiro atoms. The second-order valence-electron chi connectivity index (χ2n) is 6.04. The fourth-order valence-corrected chi connectivity index (χ4v) is 1.76. The van der Waals surface area contributed by atoms with Crippen LogP contribution in [-0.2, 0) is 16.1 Å². The molecule has 0 amide bonds. The molecule has 8 nitrogen and oxygen atoms in total. The smallest absolute Gasteiger partial charge is 0.326 e. The number of aliphatic imine (C=N–C) groups is 1. The Labute approximate surface area is 128 Å². The zero-order valence-corrected chi connectivity index (χ0v) is 13.4. The molecule has 2 rings (SSSR count). The fraction of sp³-hybridized carbons (Fsp3) is 0.500. The number of hydrogen-bond donors (Lipinski definition) is 0. The van der Waals surface area contributed by atoms with E-state index in [4.69, 9.17) is 4.74 Å². The van der Waals surface area contributed by atoms with Crippen LogP contribution in [0.5, 0.6) is 0 Å². The van der Waals surface area contributed by atoms with E-state index in [-0.39, 0.29) is 12.5 Å². The maximum absolute atomic E-state index is 11.9. The monoisotopic (exact) mass is 304 g/mol. The Balaban J connectivity index is 2.26. The second-order valence-corrected chi connectivity index (χ2v) is 6.04. The van der Waals surface area contributed by atoms with Gasteiger partial charge in [-0.05, 0) is 20.8 Å². The van der Waals surface area contributed by atoms with Gasteiger partial charge in [0.25, 0.3) is 0 Å². The van der Waals surface area contributed by atoms with E-state index in [2.05, 4.69) is 19.9 Å². The Morgan fingerprint density at radius 1 is 1.36 bits per heavy atom. The minimum Gasteiger partial charge on any atom is -0.459 e. The fourth-order valence-electron chi connectivity index (χ4n) is 1.76. The maximum Gasteiger partial charge on any atom is 0.326 e. The summed E-state index contributed by atoms with van der Waals surface area (Å²) in [4.78, 5) is 30.5. The van der Waals surface area contributed by atoms with Crippen LogP contribution in [0.2, 0.25) is 0 Å². The van der Waals surface area contributed by atoms with Crippen LogP contribution >= 0.6 is 0 Å². The number of ether oxygens (including phenoxy) is 1. The van der Waals surface area contributed by atoms with Crippen molar-refractivity contribution in [2.45, 2.75) is 32.9 Å². The lowest BCUT2D eigenvalue weighted by atomic mass is 10.2. The first kappa shape index (κ1) is 15.9. The van der Waals surface area contributed by atoms with Gasteiger partial charge in [-0.15, -0.1) is 0 Å². The van der Waals surface area contributed by atoms with Crippen molar-refractivity contribution in [3.05, 3.63) is 12.7 Å². The summed E-state index contributed by atoms with van der Waals surface area (Å²) < 4.78 is 6.93. The zero-order valence-electron chi connectivity index (χ0n) is 13.4. The summed E-state index contributed by atoms with van der Waals surface area (Å²) in [6.45, 7) is 5.52. The molecule has 118 valence electrons. The highest BCUT2D eigenvalue weighted by Gasteiger charge is 2.18. The first-order chi connectivity index (χ1) is 10.3. The molecule has 0 atom stereocenters. The lowest BCUT2D eigenvalue weighted by molar-refractivity contribution is -0.155. The lowest BCUT2D eigenvalue weighted by Crippen LogP contribution is -2.26. The van der Waals surface area contributed by atoms with Crippen molar-refractivity contribution in [1.29, 1.82) is 0 Å². The number of imidazole rings is 1. The van der Waals surface area contributed by atoms with Gasteiger partial charge in [-0.25, -0.2) is 19.9 Å². The number of rotatable bonds is 4. The van der Waals surface area contributed by atoms with Crippen LogP contribution in [-0.4, -0.2) is 56.4 Å². The Morgan fingerprint density at radius 2 is 2.09 bits per heavy atom. The number of aromatic nitrogens is 4. The number of nitrogens with zero attached hydrogens (tertiary/aromatic N) is 6.